The predicted molar refractivity (Wildman–Crippen MR) is 173 cm³/mol. The van der Waals surface area contributed by atoms with Gasteiger partial charge in [0, 0.05) is 28.7 Å². The zero-order chi connectivity index (χ0) is 34.7. The first-order valence-corrected chi connectivity index (χ1v) is 14.7. The number of carbonyl (C=O) groups excluding carboxylic acids is 3. The number of rotatable bonds is 13. The number of amides is 4. The average Bonchev–Trinajstić information content (AvgIpc) is 3.38. The summed E-state index contributed by atoms with van der Waals surface area (Å²) in [5.41, 5.74) is 14.9. The van der Waals surface area contributed by atoms with Gasteiger partial charge in [-0.05, 0) is 50.4 Å². The lowest BCUT2D eigenvalue weighted by atomic mass is 10.0. The van der Waals surface area contributed by atoms with Crippen LogP contribution >= 0.6 is 11.3 Å². The summed E-state index contributed by atoms with van der Waals surface area (Å²) in [4.78, 5) is 50.8. The highest BCUT2D eigenvalue weighted by Crippen LogP contribution is 2.44. The number of benzene rings is 1. The first-order chi connectivity index (χ1) is 22.4. The Balaban J connectivity index is 2.28. The van der Waals surface area contributed by atoms with E-state index in [1.165, 1.54) is 26.4 Å². The zero-order valence-corrected chi connectivity index (χ0v) is 27.2. The number of nitrogens with two attached hydrogens (primary N) is 2. The zero-order valence-electron chi connectivity index (χ0n) is 26.4. The Bertz CT molecular complexity index is 1630. The number of urea groups is 1. The van der Waals surface area contributed by atoms with Crippen molar-refractivity contribution < 1.29 is 37.5 Å². The maximum atomic E-state index is 14.8. The van der Waals surface area contributed by atoms with E-state index in [0.717, 1.165) is 28.6 Å². The van der Waals surface area contributed by atoms with Crippen LogP contribution in [0.25, 0.3) is 10.4 Å². The van der Waals surface area contributed by atoms with Crippen molar-refractivity contribution in [2.24, 2.45) is 11.5 Å². The van der Waals surface area contributed by atoms with Gasteiger partial charge < -0.3 is 36.5 Å². The lowest BCUT2D eigenvalue weighted by Crippen LogP contribution is -2.35. The summed E-state index contributed by atoms with van der Waals surface area (Å²) >= 11 is 1.02. The van der Waals surface area contributed by atoms with Gasteiger partial charge in [0.1, 0.15) is 22.5 Å². The van der Waals surface area contributed by atoms with E-state index >= 15 is 0 Å². The molecule has 0 fully saturated rings. The van der Waals surface area contributed by atoms with Gasteiger partial charge in [-0.15, -0.1) is 11.3 Å². The third kappa shape index (κ3) is 9.62. The molecule has 0 aliphatic heterocycles. The van der Waals surface area contributed by atoms with Crippen molar-refractivity contribution in [1.82, 2.24) is 20.7 Å². The van der Waals surface area contributed by atoms with Crippen LogP contribution in [0.3, 0.4) is 0 Å². The summed E-state index contributed by atoms with van der Waals surface area (Å²) < 4.78 is 39.8. The Hall–Kier alpha value is -5.26. The molecule has 2 heterocycles. The second-order valence-corrected chi connectivity index (χ2v) is 10.9. The van der Waals surface area contributed by atoms with E-state index in [0.29, 0.717) is 21.7 Å². The molecule has 0 saturated carbocycles. The molecule has 7 N–H and O–H groups in total. The molecular formula is C30H36F2N8O6S. The van der Waals surface area contributed by atoms with Crippen LogP contribution in [0.5, 0.6) is 0 Å². The van der Waals surface area contributed by atoms with Crippen LogP contribution < -0.4 is 32.5 Å². The third-order valence-electron chi connectivity index (χ3n) is 6.21. The third-order valence-corrected chi connectivity index (χ3v) is 7.52. The van der Waals surface area contributed by atoms with E-state index in [1.54, 1.807) is 50.2 Å². The van der Waals surface area contributed by atoms with Crippen LogP contribution in [0.15, 0.2) is 60.5 Å². The van der Waals surface area contributed by atoms with E-state index in [4.69, 9.17) is 20.9 Å². The molecule has 17 heteroatoms. The second kappa shape index (κ2) is 16.9. The molecule has 47 heavy (non-hydrogen) atoms. The van der Waals surface area contributed by atoms with E-state index in [2.05, 4.69) is 25.9 Å². The number of aromatic nitrogens is 1. The highest BCUT2D eigenvalue weighted by molar-refractivity contribution is 7.20. The number of ether oxygens (including phenoxy) is 2. The first kappa shape index (κ1) is 36.2. The Morgan fingerprint density at radius 3 is 2.23 bits per heavy atom. The fourth-order valence-corrected chi connectivity index (χ4v) is 5.48. The van der Waals surface area contributed by atoms with Gasteiger partial charge in [0.2, 0.25) is 0 Å². The minimum atomic E-state index is -0.995. The van der Waals surface area contributed by atoms with E-state index < -0.39 is 41.8 Å². The summed E-state index contributed by atoms with van der Waals surface area (Å²) in [5.74, 6) is -2.79. The Morgan fingerprint density at radius 2 is 1.66 bits per heavy atom. The average molecular weight is 675 g/mol. The van der Waals surface area contributed by atoms with Gasteiger partial charge in [-0.2, -0.15) is 0 Å². The number of anilines is 2. The molecule has 0 spiro atoms. The largest absolute Gasteiger partial charge is 0.483 e. The molecule has 3 rings (SSSR count). The summed E-state index contributed by atoms with van der Waals surface area (Å²) in [6.07, 6.45) is 3.33. The van der Waals surface area contributed by atoms with Crippen LogP contribution in [0.2, 0.25) is 0 Å². The van der Waals surface area contributed by atoms with E-state index in [1.807, 2.05) is 0 Å². The number of halogens is 2. The smallest absolute Gasteiger partial charge is 0.415 e. The highest BCUT2D eigenvalue weighted by Gasteiger charge is 2.33. The fraction of sp³-hybridized carbons (Fsp3) is 0.267. The van der Waals surface area contributed by atoms with Crippen molar-refractivity contribution >= 4 is 40.1 Å². The summed E-state index contributed by atoms with van der Waals surface area (Å²) in [7, 11) is 6.21. The van der Waals surface area contributed by atoms with Crippen LogP contribution in [-0.2, 0) is 27.4 Å². The Labute approximate surface area is 273 Å². The molecule has 0 atom stereocenters. The highest BCUT2D eigenvalue weighted by atomic mass is 32.1. The molecule has 14 nitrogen and oxygen atoms in total. The number of nitrogens with one attached hydrogen (secondary N) is 3. The number of pyridine rings is 1. The van der Waals surface area contributed by atoms with Crippen LogP contribution in [-0.4, -0.2) is 62.8 Å². The summed E-state index contributed by atoms with van der Waals surface area (Å²) in [6, 6.07) is 6.05. The Kier molecular flexibility index (Phi) is 13.0. The van der Waals surface area contributed by atoms with Crippen LogP contribution in [0, 0.1) is 11.6 Å². The maximum Gasteiger partial charge on any atom is 0.415 e. The number of carbonyl (C=O) groups is 3. The lowest BCUT2D eigenvalue weighted by Gasteiger charge is -2.23. The summed E-state index contributed by atoms with van der Waals surface area (Å²) in [5, 5.41) is 5.21. The number of hydroxylamine groups is 1. The standard InChI is InChI=1S/C30H36F2N8O6S/c1-6-46-30(43)40(16-19-21(31)13-35-14-22(19)32)28-25(27(41)37-23(33)11-12-24(34)44-4)20(15-39(2)3)26(47-28)17-7-9-18(10-8-17)36-29(42)38-45-5/h7-14H,6,15-16,33-34H2,1-5H3,(H,37,41)(H2,36,38,42)/b23-11+,24-12+. The molecule has 1 aromatic carbocycles. The minimum absolute atomic E-state index is 0.00309. The van der Waals surface area contributed by atoms with Crippen molar-refractivity contribution in [1.29, 1.82) is 0 Å². The molecule has 3 aromatic rings. The van der Waals surface area contributed by atoms with Gasteiger partial charge in [-0.3, -0.25) is 19.5 Å². The van der Waals surface area contributed by atoms with E-state index in [9.17, 15) is 23.2 Å². The molecule has 0 aliphatic rings. The van der Waals surface area contributed by atoms with Crippen molar-refractivity contribution in [3.63, 3.8) is 0 Å². The van der Waals surface area contributed by atoms with Crippen molar-refractivity contribution in [3.05, 3.63) is 88.8 Å². The number of thiophene rings is 1. The molecule has 0 aliphatic carbocycles. The SMILES string of the molecule is CCOC(=O)N(Cc1c(F)cncc1F)c1sc(-c2ccc(NC(=O)NOC)cc2)c(CN(C)C)c1C(=O)N/C(N)=C/C=C(\N)OC. The van der Waals surface area contributed by atoms with Gasteiger partial charge in [-0.1, -0.05) is 12.1 Å². The van der Waals surface area contributed by atoms with Crippen LogP contribution in [0.1, 0.15) is 28.4 Å². The van der Waals surface area contributed by atoms with Crippen molar-refractivity contribution in [3.8, 4) is 10.4 Å². The van der Waals surface area contributed by atoms with Gasteiger partial charge in [0.15, 0.2) is 5.88 Å². The minimum Gasteiger partial charge on any atom is -0.483 e. The quantitative estimate of drug-likeness (QED) is 0.101. The normalized spacial score (nSPS) is 11.7. The number of nitrogens with zero attached hydrogens (tertiary/aromatic N) is 3. The monoisotopic (exact) mass is 674 g/mol. The molecular weight excluding hydrogens is 638 g/mol. The molecule has 0 radical (unpaired) electrons. The number of hydrogen-bond acceptors (Lipinski definition) is 11. The molecule has 252 valence electrons. The van der Waals surface area contributed by atoms with Gasteiger partial charge >= 0.3 is 12.1 Å². The lowest BCUT2D eigenvalue weighted by molar-refractivity contribution is 0.0964. The molecule has 0 bridgehead atoms. The molecule has 0 saturated heterocycles. The van der Waals surface area contributed by atoms with Crippen LogP contribution in [0.4, 0.5) is 29.1 Å². The second-order valence-electron chi connectivity index (χ2n) is 9.88. The van der Waals surface area contributed by atoms with E-state index in [-0.39, 0.29) is 35.4 Å². The maximum absolute atomic E-state index is 14.8. The topological polar surface area (TPSA) is 186 Å². The predicted octanol–water partition coefficient (Wildman–Crippen LogP) is 3.97. The molecule has 0 unspecified atom stereocenters. The fourth-order valence-electron chi connectivity index (χ4n) is 4.17. The number of allylic oxidation sites excluding steroid dienone is 2. The van der Waals surface area contributed by atoms with Crippen molar-refractivity contribution in [2.75, 3.05) is 45.1 Å². The summed E-state index contributed by atoms with van der Waals surface area (Å²) in [6.45, 7) is 1.08. The molecule has 2 aromatic heterocycles. The number of methoxy groups -OCH3 is 1. The van der Waals surface area contributed by atoms with Gasteiger partial charge in [-0.25, -0.2) is 23.9 Å². The number of hydrogen-bond donors (Lipinski definition) is 5. The van der Waals surface area contributed by atoms with Crippen molar-refractivity contribution in [2.45, 2.75) is 20.0 Å². The molecule has 4 amide bonds. The van der Waals surface area contributed by atoms with Gasteiger partial charge in [0.25, 0.3) is 5.91 Å². The van der Waals surface area contributed by atoms with Gasteiger partial charge in [0.05, 0.1) is 45.3 Å². The first-order valence-electron chi connectivity index (χ1n) is 13.9. The Morgan fingerprint density at radius 1 is 1.00 bits per heavy atom.